The van der Waals surface area contributed by atoms with E-state index in [-0.39, 0.29) is 11.7 Å². The normalized spacial score (nSPS) is 9.87. The highest BCUT2D eigenvalue weighted by atomic mass is 32.1. The highest BCUT2D eigenvalue weighted by molar-refractivity contribution is 7.11. The molecule has 0 saturated heterocycles. The van der Waals surface area contributed by atoms with Crippen LogP contribution in [0.3, 0.4) is 0 Å². The molecule has 0 aliphatic carbocycles. The van der Waals surface area contributed by atoms with Gasteiger partial charge >= 0.3 is 0 Å². The molecule has 1 aromatic heterocycles. The van der Waals surface area contributed by atoms with Crippen LogP contribution in [0.1, 0.15) is 9.80 Å². The Morgan fingerprint density at radius 2 is 2.33 bits per heavy atom. The van der Waals surface area contributed by atoms with Gasteiger partial charge < -0.3 is 10.4 Å². The quantitative estimate of drug-likeness (QED) is 0.814. The van der Waals surface area contributed by atoms with E-state index >= 15 is 0 Å². The summed E-state index contributed by atoms with van der Waals surface area (Å²) in [4.78, 5) is 15.4. The molecule has 1 aromatic carbocycles. The van der Waals surface area contributed by atoms with Crippen LogP contribution in [0.5, 0.6) is 5.75 Å². The van der Waals surface area contributed by atoms with Crippen molar-refractivity contribution in [1.82, 2.24) is 4.98 Å². The second-order valence-electron chi connectivity index (χ2n) is 2.84. The molecule has 5 heteroatoms. The molecule has 0 aliphatic heterocycles. The molecule has 4 nitrogen and oxygen atoms in total. The number of carbonyl (C=O) groups excluding carboxylic acids is 1. The summed E-state index contributed by atoms with van der Waals surface area (Å²) in [6.45, 7) is 0. The summed E-state index contributed by atoms with van der Waals surface area (Å²) in [6.07, 6.45) is 1.57. The molecule has 0 fully saturated rings. The second kappa shape index (κ2) is 4.10. The number of hydrogen-bond donors (Lipinski definition) is 2. The Morgan fingerprint density at radius 3 is 3.00 bits per heavy atom. The highest BCUT2D eigenvalue weighted by Crippen LogP contribution is 2.16. The number of phenols is 1. The smallest absolute Gasteiger partial charge is 0.284 e. The largest absolute Gasteiger partial charge is 0.508 e. The molecular weight excluding hydrogens is 212 g/mol. The molecule has 2 rings (SSSR count). The van der Waals surface area contributed by atoms with Crippen molar-refractivity contribution < 1.29 is 9.90 Å². The standard InChI is InChI=1S/C10H8N2O2S/c13-8-3-1-2-7(6-8)12-9(14)10-11-4-5-15-10/h1-6,13H,(H,12,14). The van der Waals surface area contributed by atoms with Gasteiger partial charge in [0.1, 0.15) is 5.75 Å². The van der Waals surface area contributed by atoms with Gasteiger partial charge in [0.25, 0.3) is 5.91 Å². The number of hydrogen-bond acceptors (Lipinski definition) is 4. The van der Waals surface area contributed by atoms with Gasteiger partial charge in [0.2, 0.25) is 0 Å². The van der Waals surface area contributed by atoms with Gasteiger partial charge in [-0.05, 0) is 12.1 Å². The van der Waals surface area contributed by atoms with Crippen molar-refractivity contribution in [3.05, 3.63) is 40.8 Å². The minimum absolute atomic E-state index is 0.118. The molecule has 0 saturated carbocycles. The Labute approximate surface area is 90.2 Å². The summed E-state index contributed by atoms with van der Waals surface area (Å²) < 4.78 is 0. The van der Waals surface area contributed by atoms with Crippen LogP contribution in [0.4, 0.5) is 5.69 Å². The molecule has 0 bridgehead atoms. The van der Waals surface area contributed by atoms with E-state index in [4.69, 9.17) is 0 Å². The third-order valence-corrected chi connectivity index (χ3v) is 2.50. The first-order valence-electron chi connectivity index (χ1n) is 4.25. The molecule has 0 spiro atoms. The molecule has 1 amide bonds. The van der Waals surface area contributed by atoms with Crippen molar-refractivity contribution in [3.8, 4) is 5.75 Å². The minimum Gasteiger partial charge on any atom is -0.508 e. The van der Waals surface area contributed by atoms with Gasteiger partial charge in [0.05, 0.1) is 0 Å². The summed E-state index contributed by atoms with van der Waals surface area (Å²) in [5.41, 5.74) is 0.551. The van der Waals surface area contributed by atoms with Crippen LogP contribution < -0.4 is 5.32 Å². The molecule has 0 atom stereocenters. The summed E-state index contributed by atoms with van der Waals surface area (Å²) in [5.74, 6) is -0.150. The first-order chi connectivity index (χ1) is 7.25. The first-order valence-corrected chi connectivity index (χ1v) is 5.13. The van der Waals surface area contributed by atoms with Crippen LogP contribution in [0.15, 0.2) is 35.8 Å². The summed E-state index contributed by atoms with van der Waals surface area (Å²) in [7, 11) is 0. The first kappa shape index (κ1) is 9.67. The molecule has 0 unspecified atom stereocenters. The van der Waals surface area contributed by atoms with Crippen LogP contribution in [0, 0.1) is 0 Å². The van der Waals surface area contributed by atoms with E-state index in [2.05, 4.69) is 10.3 Å². The van der Waals surface area contributed by atoms with Gasteiger partial charge in [-0.1, -0.05) is 6.07 Å². The topological polar surface area (TPSA) is 62.2 Å². The number of carbonyl (C=O) groups is 1. The van der Waals surface area contributed by atoms with E-state index in [0.717, 1.165) is 0 Å². The van der Waals surface area contributed by atoms with Gasteiger partial charge in [-0.2, -0.15) is 0 Å². The maximum atomic E-state index is 11.5. The number of aromatic nitrogens is 1. The summed E-state index contributed by atoms with van der Waals surface area (Å²) >= 11 is 1.27. The second-order valence-corrected chi connectivity index (χ2v) is 3.74. The fourth-order valence-corrected chi connectivity index (χ4v) is 1.63. The summed E-state index contributed by atoms with van der Waals surface area (Å²) in [5, 5.41) is 14.0. The van der Waals surface area contributed by atoms with E-state index in [1.54, 1.807) is 29.8 Å². The molecular formula is C10H8N2O2S. The highest BCUT2D eigenvalue weighted by Gasteiger charge is 2.08. The molecule has 0 radical (unpaired) electrons. The van der Waals surface area contributed by atoms with Gasteiger partial charge in [0.15, 0.2) is 5.01 Å². The van der Waals surface area contributed by atoms with E-state index in [1.165, 1.54) is 17.4 Å². The van der Waals surface area contributed by atoms with Crippen molar-refractivity contribution in [2.24, 2.45) is 0 Å². The number of amides is 1. The monoisotopic (exact) mass is 220 g/mol. The van der Waals surface area contributed by atoms with Gasteiger partial charge in [-0.15, -0.1) is 11.3 Å². The van der Waals surface area contributed by atoms with Crippen LogP contribution in [-0.2, 0) is 0 Å². The average Bonchev–Trinajstić information content (AvgIpc) is 2.70. The predicted molar refractivity (Wildman–Crippen MR) is 58.2 cm³/mol. The number of aromatic hydroxyl groups is 1. The Kier molecular flexibility index (Phi) is 2.64. The molecule has 15 heavy (non-hydrogen) atoms. The zero-order valence-electron chi connectivity index (χ0n) is 7.68. The van der Waals surface area contributed by atoms with Gasteiger partial charge in [-0.3, -0.25) is 4.79 Å². The molecule has 2 aromatic rings. The van der Waals surface area contributed by atoms with Crippen LogP contribution in [0.25, 0.3) is 0 Å². The van der Waals surface area contributed by atoms with Crippen molar-refractivity contribution in [1.29, 1.82) is 0 Å². The number of rotatable bonds is 2. The van der Waals surface area contributed by atoms with E-state index in [0.29, 0.717) is 10.7 Å². The van der Waals surface area contributed by atoms with E-state index in [1.807, 2.05) is 0 Å². The van der Waals surface area contributed by atoms with Gasteiger partial charge in [-0.25, -0.2) is 4.98 Å². The zero-order valence-corrected chi connectivity index (χ0v) is 8.49. The van der Waals surface area contributed by atoms with Crippen molar-refractivity contribution >= 4 is 22.9 Å². The Balaban J connectivity index is 2.13. The molecule has 76 valence electrons. The lowest BCUT2D eigenvalue weighted by Crippen LogP contribution is -2.11. The number of benzene rings is 1. The Morgan fingerprint density at radius 1 is 1.47 bits per heavy atom. The maximum absolute atomic E-state index is 11.5. The van der Waals surface area contributed by atoms with Crippen molar-refractivity contribution in [2.75, 3.05) is 5.32 Å². The molecule has 1 heterocycles. The summed E-state index contributed by atoms with van der Waals surface area (Å²) in [6, 6.07) is 6.38. The third kappa shape index (κ3) is 2.32. The number of thiazole rings is 1. The lowest BCUT2D eigenvalue weighted by Gasteiger charge is -2.02. The third-order valence-electron chi connectivity index (χ3n) is 1.73. The minimum atomic E-state index is -0.268. The Hall–Kier alpha value is -1.88. The van der Waals surface area contributed by atoms with Crippen molar-refractivity contribution in [3.63, 3.8) is 0 Å². The number of nitrogens with zero attached hydrogens (tertiary/aromatic N) is 1. The van der Waals surface area contributed by atoms with E-state index < -0.39 is 0 Å². The molecule has 0 aliphatic rings. The van der Waals surface area contributed by atoms with E-state index in [9.17, 15) is 9.90 Å². The fourth-order valence-electron chi connectivity index (χ4n) is 1.10. The predicted octanol–water partition coefficient (Wildman–Crippen LogP) is 2.10. The SMILES string of the molecule is O=C(Nc1cccc(O)c1)c1nccs1. The molecule has 2 N–H and O–H groups in total. The maximum Gasteiger partial charge on any atom is 0.284 e. The van der Waals surface area contributed by atoms with Crippen molar-refractivity contribution in [2.45, 2.75) is 0 Å². The lowest BCUT2D eigenvalue weighted by atomic mass is 10.3. The average molecular weight is 220 g/mol. The lowest BCUT2D eigenvalue weighted by molar-refractivity contribution is 0.102. The number of phenolic OH excluding ortho intramolecular Hbond substituents is 1. The van der Waals surface area contributed by atoms with Crippen LogP contribution >= 0.6 is 11.3 Å². The van der Waals surface area contributed by atoms with Crippen LogP contribution in [-0.4, -0.2) is 16.0 Å². The number of anilines is 1. The zero-order chi connectivity index (χ0) is 10.7. The fraction of sp³-hybridized carbons (Fsp3) is 0. The van der Waals surface area contributed by atoms with Gasteiger partial charge in [0, 0.05) is 23.3 Å². The van der Waals surface area contributed by atoms with Crippen LogP contribution in [0.2, 0.25) is 0 Å². The number of nitrogens with one attached hydrogen (secondary N) is 1. The Bertz CT molecular complexity index is 468.